The van der Waals surface area contributed by atoms with Crippen LogP contribution in [0.15, 0.2) is 16.5 Å². The normalized spacial score (nSPS) is 13.1. The van der Waals surface area contributed by atoms with Crippen LogP contribution in [0.25, 0.3) is 0 Å². The summed E-state index contributed by atoms with van der Waals surface area (Å²) < 4.78 is 5.46. The Labute approximate surface area is 91.1 Å². The molecule has 0 aliphatic rings. The summed E-state index contributed by atoms with van der Waals surface area (Å²) >= 11 is 0. The van der Waals surface area contributed by atoms with Gasteiger partial charge in [0.2, 0.25) is 0 Å². The van der Waals surface area contributed by atoms with E-state index >= 15 is 0 Å². The number of aryl methyl sites for hydroxylation is 1. The summed E-state index contributed by atoms with van der Waals surface area (Å²) in [7, 11) is 1.94. The molecule has 0 fully saturated rings. The number of rotatable bonds is 5. The number of ketones is 1. The van der Waals surface area contributed by atoms with Gasteiger partial charge in [0.1, 0.15) is 17.3 Å². The molecule has 1 rings (SSSR count). The Hall–Kier alpha value is -1.09. The number of hydrogen-bond acceptors (Lipinski definition) is 3. The minimum atomic E-state index is -0.0413. The smallest absolute Gasteiger partial charge is 0.149 e. The summed E-state index contributed by atoms with van der Waals surface area (Å²) in [6.45, 7) is 6.43. The highest BCUT2D eigenvalue weighted by Gasteiger charge is 2.17. The predicted octanol–water partition coefficient (Wildman–Crippen LogP) is 2.39. The lowest BCUT2D eigenvalue weighted by molar-refractivity contribution is -0.123. The number of Topliss-reactive ketones (excluding diaryl/α,β-unsaturated/α-hetero) is 1. The van der Waals surface area contributed by atoms with Crippen LogP contribution >= 0.6 is 0 Å². The molecule has 0 radical (unpaired) electrons. The molecule has 1 atom stereocenters. The monoisotopic (exact) mass is 209 g/mol. The van der Waals surface area contributed by atoms with E-state index in [1.54, 1.807) is 0 Å². The zero-order valence-corrected chi connectivity index (χ0v) is 9.91. The van der Waals surface area contributed by atoms with E-state index in [1.165, 1.54) is 0 Å². The van der Waals surface area contributed by atoms with Gasteiger partial charge in [-0.3, -0.25) is 9.69 Å². The van der Waals surface area contributed by atoms with Crippen molar-refractivity contribution in [2.24, 2.45) is 0 Å². The number of furan rings is 1. The van der Waals surface area contributed by atoms with Gasteiger partial charge in [0.15, 0.2) is 0 Å². The van der Waals surface area contributed by atoms with E-state index in [9.17, 15) is 4.79 Å². The van der Waals surface area contributed by atoms with E-state index < -0.39 is 0 Å². The molecular weight excluding hydrogens is 190 g/mol. The highest BCUT2D eigenvalue weighted by atomic mass is 16.3. The van der Waals surface area contributed by atoms with Gasteiger partial charge in [-0.05, 0) is 33.0 Å². The molecule has 3 heteroatoms. The van der Waals surface area contributed by atoms with Crippen LogP contribution < -0.4 is 0 Å². The van der Waals surface area contributed by atoms with Gasteiger partial charge in [-0.1, -0.05) is 6.92 Å². The topological polar surface area (TPSA) is 33.5 Å². The molecule has 1 aromatic rings. The maximum Gasteiger partial charge on any atom is 0.149 e. The molecule has 0 aliphatic heterocycles. The molecule has 0 saturated carbocycles. The lowest BCUT2D eigenvalue weighted by atomic mass is 10.1. The third-order valence-corrected chi connectivity index (χ3v) is 2.68. The number of likely N-dealkylation sites (N-methyl/N-ethyl adjacent to an activating group) is 1. The van der Waals surface area contributed by atoms with Gasteiger partial charge < -0.3 is 4.42 Å². The van der Waals surface area contributed by atoms with Crippen molar-refractivity contribution in [3.05, 3.63) is 23.7 Å². The summed E-state index contributed by atoms with van der Waals surface area (Å²) in [5.74, 6) is 2.08. The fourth-order valence-corrected chi connectivity index (χ4v) is 1.49. The highest BCUT2D eigenvalue weighted by Crippen LogP contribution is 2.11. The van der Waals surface area contributed by atoms with Crippen molar-refractivity contribution in [3.8, 4) is 0 Å². The quantitative estimate of drug-likeness (QED) is 0.746. The van der Waals surface area contributed by atoms with Crippen LogP contribution in [-0.2, 0) is 11.3 Å². The van der Waals surface area contributed by atoms with Crippen molar-refractivity contribution >= 4 is 5.78 Å². The first kappa shape index (κ1) is 12.0. The van der Waals surface area contributed by atoms with Crippen molar-refractivity contribution < 1.29 is 9.21 Å². The second kappa shape index (κ2) is 5.12. The van der Waals surface area contributed by atoms with Crippen LogP contribution in [0.5, 0.6) is 0 Å². The minimum absolute atomic E-state index is 0.0413. The minimum Gasteiger partial charge on any atom is -0.465 e. The SMILES string of the molecule is CCC(=O)C(C)N(C)Cc1ccc(C)o1. The summed E-state index contributed by atoms with van der Waals surface area (Å²) in [6.07, 6.45) is 0.586. The molecule has 3 nitrogen and oxygen atoms in total. The molecule has 1 unspecified atom stereocenters. The third kappa shape index (κ3) is 3.20. The highest BCUT2D eigenvalue weighted by molar-refractivity contribution is 5.83. The van der Waals surface area contributed by atoms with Crippen LogP contribution in [0.3, 0.4) is 0 Å². The Morgan fingerprint density at radius 3 is 2.67 bits per heavy atom. The van der Waals surface area contributed by atoms with Crippen molar-refractivity contribution in [1.29, 1.82) is 0 Å². The van der Waals surface area contributed by atoms with Crippen LogP contribution in [-0.4, -0.2) is 23.8 Å². The van der Waals surface area contributed by atoms with Gasteiger partial charge >= 0.3 is 0 Å². The Morgan fingerprint density at radius 2 is 2.20 bits per heavy atom. The maximum absolute atomic E-state index is 11.5. The third-order valence-electron chi connectivity index (χ3n) is 2.68. The zero-order valence-electron chi connectivity index (χ0n) is 9.91. The largest absolute Gasteiger partial charge is 0.465 e. The molecule has 84 valence electrons. The second-order valence-electron chi connectivity index (χ2n) is 3.92. The van der Waals surface area contributed by atoms with Crippen LogP contribution in [0.4, 0.5) is 0 Å². The molecule has 0 amide bonds. The Morgan fingerprint density at radius 1 is 1.53 bits per heavy atom. The average molecular weight is 209 g/mol. The fourth-order valence-electron chi connectivity index (χ4n) is 1.49. The van der Waals surface area contributed by atoms with Gasteiger partial charge in [-0.2, -0.15) is 0 Å². The first-order valence-corrected chi connectivity index (χ1v) is 5.32. The standard InChI is InChI=1S/C12H19NO2/c1-5-12(14)10(3)13(4)8-11-7-6-9(2)15-11/h6-7,10H,5,8H2,1-4H3. The first-order valence-electron chi connectivity index (χ1n) is 5.32. The zero-order chi connectivity index (χ0) is 11.4. The number of carbonyl (C=O) groups excluding carboxylic acids is 1. The van der Waals surface area contributed by atoms with Gasteiger partial charge in [0.05, 0.1) is 12.6 Å². The number of nitrogens with zero attached hydrogens (tertiary/aromatic N) is 1. The summed E-state index contributed by atoms with van der Waals surface area (Å²) in [5, 5.41) is 0. The molecule has 0 N–H and O–H groups in total. The summed E-state index contributed by atoms with van der Waals surface area (Å²) in [5.41, 5.74) is 0. The average Bonchev–Trinajstić information content (AvgIpc) is 2.61. The van der Waals surface area contributed by atoms with E-state index in [1.807, 2.05) is 44.9 Å². The molecule has 0 spiro atoms. The summed E-state index contributed by atoms with van der Waals surface area (Å²) in [6, 6.07) is 3.85. The van der Waals surface area contributed by atoms with Crippen molar-refractivity contribution in [3.63, 3.8) is 0 Å². The van der Waals surface area contributed by atoms with Crippen molar-refractivity contribution in [1.82, 2.24) is 4.90 Å². The van der Waals surface area contributed by atoms with E-state index in [4.69, 9.17) is 4.42 Å². The van der Waals surface area contributed by atoms with E-state index in [0.29, 0.717) is 13.0 Å². The van der Waals surface area contributed by atoms with E-state index in [2.05, 4.69) is 0 Å². The Bertz CT molecular complexity index is 330. The molecule has 0 bridgehead atoms. The first-order chi connectivity index (χ1) is 7.04. The Balaban J connectivity index is 2.55. The maximum atomic E-state index is 11.5. The lowest BCUT2D eigenvalue weighted by Crippen LogP contribution is -2.34. The molecule has 0 saturated heterocycles. The fraction of sp³-hybridized carbons (Fsp3) is 0.583. The van der Waals surface area contributed by atoms with E-state index in [0.717, 1.165) is 11.5 Å². The summed E-state index contributed by atoms with van der Waals surface area (Å²) in [4.78, 5) is 13.5. The molecule has 0 aromatic carbocycles. The second-order valence-corrected chi connectivity index (χ2v) is 3.92. The van der Waals surface area contributed by atoms with Gasteiger partial charge in [-0.25, -0.2) is 0 Å². The van der Waals surface area contributed by atoms with Crippen LogP contribution in [0.1, 0.15) is 31.8 Å². The molecule has 15 heavy (non-hydrogen) atoms. The molecule has 0 aliphatic carbocycles. The molecule has 1 heterocycles. The van der Waals surface area contributed by atoms with Gasteiger partial charge in [0, 0.05) is 6.42 Å². The lowest BCUT2D eigenvalue weighted by Gasteiger charge is -2.21. The predicted molar refractivity (Wildman–Crippen MR) is 59.7 cm³/mol. The number of hydrogen-bond donors (Lipinski definition) is 0. The van der Waals surface area contributed by atoms with Crippen LogP contribution in [0, 0.1) is 6.92 Å². The van der Waals surface area contributed by atoms with Crippen molar-refractivity contribution in [2.45, 2.75) is 39.8 Å². The Kier molecular flexibility index (Phi) is 4.09. The van der Waals surface area contributed by atoms with E-state index in [-0.39, 0.29) is 11.8 Å². The van der Waals surface area contributed by atoms with Crippen LogP contribution in [0.2, 0.25) is 0 Å². The molecular formula is C12H19NO2. The molecule has 1 aromatic heterocycles. The van der Waals surface area contributed by atoms with Crippen molar-refractivity contribution in [2.75, 3.05) is 7.05 Å². The number of carbonyl (C=O) groups is 1. The van der Waals surface area contributed by atoms with Gasteiger partial charge in [-0.15, -0.1) is 0 Å². The van der Waals surface area contributed by atoms with Gasteiger partial charge in [0.25, 0.3) is 0 Å².